The molecule has 1 atom stereocenters. The standard InChI is InChI=1S/C15H23N3O2/c1-17-15(19)13-5-3-4-8-18(13)10-11-6-7-14(20-2)12(16)9-11/h6-7,9,13H,3-5,8,10,16H2,1-2H3,(H,17,19). The van der Waals surface area contributed by atoms with Gasteiger partial charge in [-0.15, -0.1) is 0 Å². The average Bonchev–Trinajstić information content (AvgIpc) is 2.47. The Morgan fingerprint density at radius 2 is 2.30 bits per heavy atom. The van der Waals surface area contributed by atoms with Crippen LogP contribution in [-0.4, -0.2) is 37.6 Å². The van der Waals surface area contributed by atoms with Crippen molar-refractivity contribution in [2.24, 2.45) is 0 Å². The number of piperidine rings is 1. The molecule has 0 aliphatic carbocycles. The molecule has 1 aliphatic heterocycles. The maximum Gasteiger partial charge on any atom is 0.237 e. The zero-order valence-electron chi connectivity index (χ0n) is 12.2. The summed E-state index contributed by atoms with van der Waals surface area (Å²) in [6, 6.07) is 5.78. The number of amides is 1. The molecule has 1 saturated heterocycles. The van der Waals surface area contributed by atoms with E-state index < -0.39 is 0 Å². The van der Waals surface area contributed by atoms with Crippen LogP contribution in [0.25, 0.3) is 0 Å². The molecule has 5 nitrogen and oxygen atoms in total. The third-order valence-electron chi connectivity index (χ3n) is 3.84. The van der Waals surface area contributed by atoms with Gasteiger partial charge in [0, 0.05) is 13.6 Å². The van der Waals surface area contributed by atoms with Gasteiger partial charge in [0.05, 0.1) is 18.8 Å². The minimum Gasteiger partial charge on any atom is -0.495 e. The lowest BCUT2D eigenvalue weighted by Crippen LogP contribution is -2.48. The van der Waals surface area contributed by atoms with Crippen molar-refractivity contribution in [2.45, 2.75) is 31.8 Å². The normalized spacial score (nSPS) is 19.6. The SMILES string of the molecule is CNC(=O)C1CCCCN1Cc1ccc(OC)c(N)c1. The maximum absolute atomic E-state index is 11.9. The Balaban J connectivity index is 2.10. The van der Waals surface area contributed by atoms with E-state index in [1.807, 2.05) is 18.2 Å². The second kappa shape index (κ2) is 6.61. The summed E-state index contributed by atoms with van der Waals surface area (Å²) in [5.41, 5.74) is 7.68. The first-order valence-electron chi connectivity index (χ1n) is 7.03. The first kappa shape index (κ1) is 14.7. The topological polar surface area (TPSA) is 67.6 Å². The first-order chi connectivity index (χ1) is 9.65. The van der Waals surface area contributed by atoms with Crippen molar-refractivity contribution in [3.63, 3.8) is 0 Å². The van der Waals surface area contributed by atoms with Crippen LogP contribution in [0.3, 0.4) is 0 Å². The van der Waals surface area contributed by atoms with Crippen molar-refractivity contribution < 1.29 is 9.53 Å². The Morgan fingerprint density at radius 1 is 1.50 bits per heavy atom. The number of likely N-dealkylation sites (N-methyl/N-ethyl adjacent to an activating group) is 1. The molecule has 1 aromatic carbocycles. The molecule has 1 aromatic rings. The summed E-state index contributed by atoms with van der Waals surface area (Å²) in [6.45, 7) is 1.69. The molecule has 20 heavy (non-hydrogen) atoms. The number of hydrogen-bond donors (Lipinski definition) is 2. The second-order valence-corrected chi connectivity index (χ2v) is 5.17. The highest BCUT2D eigenvalue weighted by molar-refractivity contribution is 5.81. The van der Waals surface area contributed by atoms with Crippen molar-refractivity contribution in [3.05, 3.63) is 23.8 Å². The van der Waals surface area contributed by atoms with Crippen LogP contribution in [0.5, 0.6) is 5.75 Å². The smallest absolute Gasteiger partial charge is 0.237 e. The van der Waals surface area contributed by atoms with Crippen LogP contribution >= 0.6 is 0 Å². The van der Waals surface area contributed by atoms with Gasteiger partial charge < -0.3 is 15.8 Å². The predicted octanol–water partition coefficient (Wildman–Crippen LogP) is 1.38. The Morgan fingerprint density at radius 3 is 2.95 bits per heavy atom. The van der Waals surface area contributed by atoms with Crippen LogP contribution < -0.4 is 15.8 Å². The van der Waals surface area contributed by atoms with Gasteiger partial charge in [-0.05, 0) is 37.1 Å². The van der Waals surface area contributed by atoms with E-state index >= 15 is 0 Å². The van der Waals surface area contributed by atoms with Gasteiger partial charge in [0.15, 0.2) is 0 Å². The summed E-state index contributed by atoms with van der Waals surface area (Å²) in [6.07, 6.45) is 3.17. The average molecular weight is 277 g/mol. The van der Waals surface area contributed by atoms with E-state index in [9.17, 15) is 4.79 Å². The summed E-state index contributed by atoms with van der Waals surface area (Å²) in [5, 5.41) is 2.75. The molecule has 0 bridgehead atoms. The van der Waals surface area contributed by atoms with Gasteiger partial charge >= 0.3 is 0 Å². The second-order valence-electron chi connectivity index (χ2n) is 5.17. The quantitative estimate of drug-likeness (QED) is 0.816. The van der Waals surface area contributed by atoms with Gasteiger partial charge in [0.25, 0.3) is 0 Å². The lowest BCUT2D eigenvalue weighted by atomic mass is 10.0. The Kier molecular flexibility index (Phi) is 4.84. The van der Waals surface area contributed by atoms with E-state index in [0.717, 1.165) is 37.9 Å². The van der Waals surface area contributed by atoms with E-state index in [2.05, 4.69) is 10.2 Å². The minimum absolute atomic E-state index is 0.0305. The Hall–Kier alpha value is -1.75. The van der Waals surface area contributed by atoms with E-state index in [-0.39, 0.29) is 11.9 Å². The summed E-state index contributed by atoms with van der Waals surface area (Å²) >= 11 is 0. The zero-order chi connectivity index (χ0) is 14.5. The first-order valence-corrected chi connectivity index (χ1v) is 7.03. The summed E-state index contributed by atoms with van der Waals surface area (Å²) in [7, 11) is 3.30. The third kappa shape index (κ3) is 3.22. The number of nitrogens with one attached hydrogen (secondary N) is 1. The fourth-order valence-corrected chi connectivity index (χ4v) is 2.76. The fourth-order valence-electron chi connectivity index (χ4n) is 2.76. The van der Waals surface area contributed by atoms with Gasteiger partial charge in [0.2, 0.25) is 5.91 Å². The van der Waals surface area contributed by atoms with Gasteiger partial charge in [0.1, 0.15) is 5.75 Å². The van der Waals surface area contributed by atoms with E-state index in [1.165, 1.54) is 0 Å². The molecule has 1 aliphatic rings. The van der Waals surface area contributed by atoms with Crippen LogP contribution in [0, 0.1) is 0 Å². The van der Waals surface area contributed by atoms with Crippen LogP contribution in [0.2, 0.25) is 0 Å². The highest BCUT2D eigenvalue weighted by Gasteiger charge is 2.27. The Bertz CT molecular complexity index is 476. The van der Waals surface area contributed by atoms with Crippen molar-refractivity contribution in [1.29, 1.82) is 0 Å². The summed E-state index contributed by atoms with van der Waals surface area (Å²) in [5.74, 6) is 0.793. The molecule has 0 radical (unpaired) electrons. The van der Waals surface area contributed by atoms with Crippen LogP contribution in [0.1, 0.15) is 24.8 Å². The summed E-state index contributed by atoms with van der Waals surface area (Å²) in [4.78, 5) is 14.2. The highest BCUT2D eigenvalue weighted by Crippen LogP contribution is 2.25. The molecule has 2 rings (SSSR count). The number of methoxy groups -OCH3 is 1. The van der Waals surface area contributed by atoms with Crippen molar-refractivity contribution in [1.82, 2.24) is 10.2 Å². The molecule has 5 heteroatoms. The molecule has 3 N–H and O–H groups in total. The lowest BCUT2D eigenvalue weighted by molar-refractivity contribution is -0.127. The molecule has 110 valence electrons. The molecule has 0 saturated carbocycles. The number of anilines is 1. The van der Waals surface area contributed by atoms with Crippen LogP contribution in [0.15, 0.2) is 18.2 Å². The number of likely N-dealkylation sites (tertiary alicyclic amines) is 1. The van der Waals surface area contributed by atoms with Gasteiger partial charge in [-0.2, -0.15) is 0 Å². The van der Waals surface area contributed by atoms with E-state index in [1.54, 1.807) is 14.2 Å². The molecular formula is C15H23N3O2. The largest absolute Gasteiger partial charge is 0.495 e. The van der Waals surface area contributed by atoms with E-state index in [0.29, 0.717) is 11.4 Å². The van der Waals surface area contributed by atoms with Crippen LogP contribution in [0.4, 0.5) is 5.69 Å². The van der Waals surface area contributed by atoms with Gasteiger partial charge in [-0.25, -0.2) is 0 Å². The minimum atomic E-state index is -0.0305. The number of rotatable bonds is 4. The molecule has 1 fully saturated rings. The number of carbonyl (C=O) groups is 1. The fraction of sp³-hybridized carbons (Fsp3) is 0.533. The number of nitrogens with two attached hydrogens (primary N) is 1. The number of benzene rings is 1. The zero-order valence-corrected chi connectivity index (χ0v) is 12.2. The molecular weight excluding hydrogens is 254 g/mol. The molecule has 1 unspecified atom stereocenters. The molecule has 1 amide bonds. The van der Waals surface area contributed by atoms with Gasteiger partial charge in [-0.1, -0.05) is 12.5 Å². The van der Waals surface area contributed by atoms with Crippen molar-refractivity contribution in [3.8, 4) is 5.75 Å². The molecule has 1 heterocycles. The lowest BCUT2D eigenvalue weighted by Gasteiger charge is -2.34. The van der Waals surface area contributed by atoms with Crippen molar-refractivity contribution in [2.75, 3.05) is 26.4 Å². The monoisotopic (exact) mass is 277 g/mol. The van der Waals surface area contributed by atoms with E-state index in [4.69, 9.17) is 10.5 Å². The van der Waals surface area contributed by atoms with Crippen LogP contribution in [-0.2, 0) is 11.3 Å². The number of nitrogen functional groups attached to an aromatic ring is 1. The molecule has 0 spiro atoms. The van der Waals surface area contributed by atoms with Crippen molar-refractivity contribution >= 4 is 11.6 Å². The number of ether oxygens (including phenoxy) is 1. The maximum atomic E-state index is 11.9. The summed E-state index contributed by atoms with van der Waals surface area (Å²) < 4.78 is 5.16. The Labute approximate surface area is 120 Å². The highest BCUT2D eigenvalue weighted by atomic mass is 16.5. The predicted molar refractivity (Wildman–Crippen MR) is 79.5 cm³/mol. The third-order valence-corrected chi connectivity index (χ3v) is 3.84. The van der Waals surface area contributed by atoms with Gasteiger partial charge in [-0.3, -0.25) is 9.69 Å². The number of hydrogen-bond acceptors (Lipinski definition) is 4. The number of carbonyl (C=O) groups excluding carboxylic acids is 1. The number of nitrogens with zero attached hydrogens (tertiary/aromatic N) is 1. The molecule has 0 aromatic heterocycles.